The van der Waals surface area contributed by atoms with Gasteiger partial charge in [0.2, 0.25) is 23.6 Å². The van der Waals surface area contributed by atoms with Gasteiger partial charge in [0.25, 0.3) is 0 Å². The predicted molar refractivity (Wildman–Crippen MR) is 181 cm³/mol. The molecule has 4 atom stereocenters. The molecule has 0 bridgehead atoms. The maximum atomic E-state index is 14.1. The van der Waals surface area contributed by atoms with Crippen molar-refractivity contribution in [1.82, 2.24) is 20.0 Å². The minimum atomic E-state index is -0.766. The summed E-state index contributed by atoms with van der Waals surface area (Å²) in [5.41, 5.74) is 0.220. The quantitative estimate of drug-likeness (QED) is 0.317. The van der Waals surface area contributed by atoms with Crippen LogP contribution in [0.25, 0.3) is 0 Å². The van der Waals surface area contributed by atoms with Crippen LogP contribution in [0.2, 0.25) is 5.02 Å². The summed E-state index contributed by atoms with van der Waals surface area (Å²) in [6, 6.07) is 2.00. The lowest BCUT2D eigenvalue weighted by atomic mass is 9.84. The van der Waals surface area contributed by atoms with E-state index in [0.29, 0.717) is 30.6 Å². The number of hydrogen-bond acceptors (Lipinski definition) is 5. The Hall–Kier alpha value is -2.98. The van der Waals surface area contributed by atoms with Crippen LogP contribution >= 0.6 is 11.6 Å². The van der Waals surface area contributed by atoms with Crippen molar-refractivity contribution in [3.8, 4) is 0 Å². The van der Waals surface area contributed by atoms with Gasteiger partial charge in [-0.25, -0.2) is 4.39 Å². The van der Waals surface area contributed by atoms with Gasteiger partial charge in [0.05, 0.1) is 17.1 Å². The monoisotopic (exact) mass is 661 g/mol. The summed E-state index contributed by atoms with van der Waals surface area (Å²) in [5, 5.41) is 5.76. The van der Waals surface area contributed by atoms with Gasteiger partial charge in [-0.1, -0.05) is 58.7 Å². The van der Waals surface area contributed by atoms with Crippen LogP contribution < -0.4 is 10.6 Å². The van der Waals surface area contributed by atoms with Crippen LogP contribution in [0, 0.1) is 17.2 Å². The third-order valence-corrected chi connectivity index (χ3v) is 9.44. The smallest absolute Gasteiger partial charge is 0.249 e. The zero-order valence-corrected chi connectivity index (χ0v) is 29.7. The Morgan fingerprint density at radius 2 is 1.65 bits per heavy atom. The van der Waals surface area contributed by atoms with Gasteiger partial charge in [0.15, 0.2) is 0 Å². The van der Waals surface area contributed by atoms with Crippen molar-refractivity contribution in [2.45, 2.75) is 118 Å². The Kier molecular flexibility index (Phi) is 12.8. The molecule has 0 radical (unpaired) electrons. The van der Waals surface area contributed by atoms with Gasteiger partial charge in [0.1, 0.15) is 17.9 Å². The topological polar surface area (TPSA) is 102 Å². The fraction of sp³-hybridized carbons (Fsp3) is 0.657. The Labute approximate surface area is 279 Å². The average molecular weight is 662 g/mol. The predicted octanol–water partition coefficient (Wildman–Crippen LogP) is 5.63. The second kappa shape index (κ2) is 15.7. The van der Waals surface area contributed by atoms with Crippen molar-refractivity contribution >= 4 is 40.9 Å². The highest BCUT2D eigenvalue weighted by Crippen LogP contribution is 2.27. The van der Waals surface area contributed by atoms with E-state index in [1.54, 1.807) is 29.8 Å². The van der Waals surface area contributed by atoms with Gasteiger partial charge >= 0.3 is 0 Å². The van der Waals surface area contributed by atoms with E-state index in [4.69, 9.17) is 11.6 Å². The first-order valence-corrected chi connectivity index (χ1v) is 16.9. The summed E-state index contributed by atoms with van der Waals surface area (Å²) >= 11 is 5.87. The molecule has 9 nitrogen and oxygen atoms in total. The first-order chi connectivity index (χ1) is 21.4. The largest absolute Gasteiger partial charge is 0.342 e. The van der Waals surface area contributed by atoms with Crippen molar-refractivity contribution in [2.24, 2.45) is 11.3 Å². The molecule has 256 valence electrons. The Morgan fingerprint density at radius 1 is 1.00 bits per heavy atom. The second-order valence-electron chi connectivity index (χ2n) is 14.5. The summed E-state index contributed by atoms with van der Waals surface area (Å²) in [4.78, 5) is 60.0. The number of likely N-dealkylation sites (tertiary alicyclic amines) is 2. The number of rotatable bonds is 10. The molecule has 1 aromatic rings. The molecule has 11 heteroatoms. The standard InChI is InChI=1S/C35H53ClFN5O4/c1-21(2)29(40(9)34(46)30(35(6,7)8)39-32(44)27-13-10-11-17-41(27)22(3)4)19-23(5)33(45)42-18-12-14-28(42)31(43)38-24-15-16-26(37)25(36)20-24/h15-16,19-22,27-30H,10-14,17-18H2,1-9H3,(H,38,43)(H,39,44)/t27-,28+,29?,30-/m1/s1. The summed E-state index contributed by atoms with van der Waals surface area (Å²) in [7, 11) is 1.72. The van der Waals surface area contributed by atoms with E-state index in [1.807, 2.05) is 34.6 Å². The number of halogens is 2. The summed E-state index contributed by atoms with van der Waals surface area (Å²) in [6.07, 6.45) is 5.74. The zero-order valence-electron chi connectivity index (χ0n) is 29.0. The molecule has 2 saturated heterocycles. The van der Waals surface area contributed by atoms with Crippen LogP contribution in [0.5, 0.6) is 0 Å². The van der Waals surface area contributed by atoms with Crippen LogP contribution in [-0.4, -0.2) is 88.7 Å². The van der Waals surface area contributed by atoms with E-state index < -0.39 is 29.4 Å². The number of hydrogen-bond donors (Lipinski definition) is 2. The fourth-order valence-electron chi connectivity index (χ4n) is 6.48. The van der Waals surface area contributed by atoms with Gasteiger partial charge in [-0.2, -0.15) is 0 Å². The highest BCUT2D eigenvalue weighted by atomic mass is 35.5. The maximum absolute atomic E-state index is 14.1. The average Bonchev–Trinajstić information content (AvgIpc) is 3.48. The number of carbonyl (C=O) groups is 4. The van der Waals surface area contributed by atoms with Crippen molar-refractivity contribution in [3.05, 3.63) is 40.7 Å². The van der Waals surface area contributed by atoms with E-state index in [0.717, 1.165) is 25.8 Å². The number of piperidine rings is 1. The van der Waals surface area contributed by atoms with E-state index in [9.17, 15) is 23.6 Å². The third-order valence-electron chi connectivity index (χ3n) is 9.15. The minimum Gasteiger partial charge on any atom is -0.342 e. The lowest BCUT2D eigenvalue weighted by molar-refractivity contribution is -0.142. The fourth-order valence-corrected chi connectivity index (χ4v) is 6.66. The van der Waals surface area contributed by atoms with Crippen LogP contribution in [-0.2, 0) is 19.2 Å². The van der Waals surface area contributed by atoms with Gasteiger partial charge < -0.3 is 20.4 Å². The minimum absolute atomic E-state index is 0.0382. The second-order valence-corrected chi connectivity index (χ2v) is 14.9. The molecule has 4 amide bonds. The van der Waals surface area contributed by atoms with Crippen molar-refractivity contribution in [1.29, 1.82) is 0 Å². The first-order valence-electron chi connectivity index (χ1n) is 16.5. The molecule has 2 fully saturated rings. The molecular weight excluding hydrogens is 609 g/mol. The van der Waals surface area contributed by atoms with Crippen molar-refractivity contribution < 1.29 is 23.6 Å². The Balaban J connectivity index is 1.78. The lowest BCUT2D eigenvalue weighted by Crippen LogP contribution is -2.60. The van der Waals surface area contributed by atoms with Crippen molar-refractivity contribution in [2.75, 3.05) is 25.5 Å². The molecule has 2 aliphatic rings. The molecule has 0 aromatic heterocycles. The third kappa shape index (κ3) is 9.09. The van der Waals surface area contributed by atoms with Gasteiger partial charge in [-0.05, 0) is 82.5 Å². The van der Waals surface area contributed by atoms with Crippen LogP contribution in [0.1, 0.15) is 87.5 Å². The normalized spacial score (nSPS) is 20.9. The SMILES string of the molecule is CC(=CC(C(C)C)N(C)C(=O)[C@@H](NC(=O)[C@H]1CCCCN1C(C)C)C(C)(C)C)C(=O)N1CCC[C@H]1C(=O)Nc1ccc(F)c(Cl)c1. The number of nitrogens with one attached hydrogen (secondary N) is 2. The number of benzene rings is 1. The van der Waals surface area contributed by atoms with Gasteiger partial charge in [0, 0.05) is 30.9 Å². The molecule has 0 saturated carbocycles. The molecule has 2 N–H and O–H groups in total. The Bertz CT molecular complexity index is 1310. The lowest BCUT2D eigenvalue weighted by Gasteiger charge is -2.41. The Morgan fingerprint density at radius 3 is 2.24 bits per heavy atom. The summed E-state index contributed by atoms with van der Waals surface area (Å²) in [6.45, 7) is 17.0. The molecule has 0 aliphatic carbocycles. The van der Waals surface area contributed by atoms with E-state index in [2.05, 4.69) is 29.4 Å². The summed E-state index contributed by atoms with van der Waals surface area (Å²) in [5.74, 6) is -1.62. The molecule has 3 rings (SSSR count). The van der Waals surface area contributed by atoms with Crippen molar-refractivity contribution in [3.63, 3.8) is 0 Å². The number of anilines is 1. The molecule has 46 heavy (non-hydrogen) atoms. The highest BCUT2D eigenvalue weighted by Gasteiger charge is 2.40. The molecule has 0 spiro atoms. The molecule has 2 heterocycles. The molecule has 1 unspecified atom stereocenters. The number of amides is 4. The van der Waals surface area contributed by atoms with Crippen LogP contribution in [0.3, 0.4) is 0 Å². The molecular formula is C35H53ClFN5O4. The van der Waals surface area contributed by atoms with E-state index in [1.165, 1.54) is 18.2 Å². The number of nitrogens with zero attached hydrogens (tertiary/aromatic N) is 3. The zero-order chi connectivity index (χ0) is 34.5. The molecule has 1 aromatic carbocycles. The maximum Gasteiger partial charge on any atom is 0.249 e. The molecule has 2 aliphatic heterocycles. The first kappa shape index (κ1) is 37.5. The summed E-state index contributed by atoms with van der Waals surface area (Å²) < 4.78 is 13.6. The van der Waals surface area contributed by atoms with E-state index >= 15 is 0 Å². The van der Waals surface area contributed by atoms with Crippen LogP contribution in [0.4, 0.5) is 10.1 Å². The highest BCUT2D eigenvalue weighted by molar-refractivity contribution is 6.31. The van der Waals surface area contributed by atoms with E-state index in [-0.39, 0.29) is 46.7 Å². The van der Waals surface area contributed by atoms with Crippen LogP contribution in [0.15, 0.2) is 29.8 Å². The number of likely N-dealkylation sites (N-methyl/N-ethyl adjacent to an activating group) is 1. The number of carbonyl (C=O) groups excluding carboxylic acids is 4. The van der Waals surface area contributed by atoms with Gasteiger partial charge in [-0.3, -0.25) is 24.1 Å². The van der Waals surface area contributed by atoms with Gasteiger partial charge in [-0.15, -0.1) is 0 Å².